The van der Waals surface area contributed by atoms with E-state index >= 15 is 0 Å². The third-order valence-electron chi connectivity index (χ3n) is 3.80. The van der Waals surface area contributed by atoms with Gasteiger partial charge in [-0.3, -0.25) is 4.79 Å². The van der Waals surface area contributed by atoms with Crippen LogP contribution in [0.4, 0.5) is 17.5 Å². The number of anilines is 3. The largest absolute Gasteiger partial charge is 0.397 e. The van der Waals surface area contributed by atoms with E-state index in [1.807, 2.05) is 6.92 Å². The molecule has 1 atom stereocenters. The van der Waals surface area contributed by atoms with Crippen LogP contribution in [0.25, 0.3) is 11.0 Å². The Labute approximate surface area is 141 Å². The van der Waals surface area contributed by atoms with E-state index in [0.29, 0.717) is 29.1 Å². The minimum Gasteiger partial charge on any atom is -0.397 e. The van der Waals surface area contributed by atoms with Crippen molar-refractivity contribution in [1.29, 1.82) is 0 Å². The first-order valence-electron chi connectivity index (χ1n) is 8.04. The average molecular weight is 331 g/mol. The van der Waals surface area contributed by atoms with Gasteiger partial charge < -0.3 is 22.1 Å². The van der Waals surface area contributed by atoms with Crippen LogP contribution in [0.15, 0.2) is 12.3 Å². The number of carbonyl (C=O) groups is 1. The summed E-state index contributed by atoms with van der Waals surface area (Å²) in [5.74, 6) is 0.619. The Morgan fingerprint density at radius 1 is 1.33 bits per heavy atom. The SMILES string of the molecule is CCCC[C@](C)(CNC(C)=O)Nc1nc(N)nc2cc(N)cnc12. The van der Waals surface area contributed by atoms with E-state index in [9.17, 15) is 4.79 Å². The maximum Gasteiger partial charge on any atom is 0.222 e. The van der Waals surface area contributed by atoms with Gasteiger partial charge in [0.2, 0.25) is 11.9 Å². The van der Waals surface area contributed by atoms with Crippen LogP contribution in [0.2, 0.25) is 0 Å². The fourth-order valence-electron chi connectivity index (χ4n) is 2.51. The van der Waals surface area contributed by atoms with E-state index in [0.717, 1.165) is 19.3 Å². The molecule has 24 heavy (non-hydrogen) atoms. The molecule has 8 nitrogen and oxygen atoms in total. The molecule has 2 aromatic heterocycles. The van der Waals surface area contributed by atoms with Crippen LogP contribution in [-0.2, 0) is 4.79 Å². The molecule has 2 rings (SSSR count). The van der Waals surface area contributed by atoms with Gasteiger partial charge in [0.1, 0.15) is 5.52 Å². The third-order valence-corrected chi connectivity index (χ3v) is 3.80. The number of nitrogen functional groups attached to an aromatic ring is 2. The number of amides is 1. The second-order valence-corrected chi connectivity index (χ2v) is 6.27. The van der Waals surface area contributed by atoms with Crippen LogP contribution < -0.4 is 22.1 Å². The Bertz CT molecular complexity index is 728. The van der Waals surface area contributed by atoms with Gasteiger partial charge in [0.05, 0.1) is 22.9 Å². The first kappa shape index (κ1) is 17.7. The molecule has 2 heterocycles. The van der Waals surface area contributed by atoms with Crippen molar-refractivity contribution in [1.82, 2.24) is 20.3 Å². The molecule has 8 heteroatoms. The Kier molecular flexibility index (Phi) is 5.38. The van der Waals surface area contributed by atoms with Gasteiger partial charge in [0.25, 0.3) is 0 Å². The second kappa shape index (κ2) is 7.29. The summed E-state index contributed by atoms with van der Waals surface area (Å²) < 4.78 is 0. The lowest BCUT2D eigenvalue weighted by Gasteiger charge is -2.32. The number of carbonyl (C=O) groups excluding carboxylic acids is 1. The fraction of sp³-hybridized carbons (Fsp3) is 0.500. The summed E-state index contributed by atoms with van der Waals surface area (Å²) in [5.41, 5.74) is 12.9. The average Bonchev–Trinajstić information content (AvgIpc) is 2.50. The highest BCUT2D eigenvalue weighted by molar-refractivity contribution is 5.88. The van der Waals surface area contributed by atoms with Crippen molar-refractivity contribution in [2.45, 2.75) is 45.6 Å². The Morgan fingerprint density at radius 2 is 2.08 bits per heavy atom. The van der Waals surface area contributed by atoms with Crippen LogP contribution in [0.1, 0.15) is 40.0 Å². The first-order chi connectivity index (χ1) is 11.3. The lowest BCUT2D eigenvalue weighted by atomic mass is 9.94. The lowest BCUT2D eigenvalue weighted by molar-refractivity contribution is -0.119. The first-order valence-corrected chi connectivity index (χ1v) is 8.04. The highest BCUT2D eigenvalue weighted by Gasteiger charge is 2.26. The standard InChI is InChI=1S/C16H25N7O/c1-4-5-6-16(3,9-20-10(2)24)23-14-13-12(21-15(18)22-14)7-11(17)8-19-13/h7-8H,4-6,9,17H2,1-3H3,(H,20,24)(H3,18,21,22,23)/t16-/m1/s1. The molecule has 0 saturated carbocycles. The van der Waals surface area contributed by atoms with Gasteiger partial charge in [0, 0.05) is 13.5 Å². The monoisotopic (exact) mass is 331 g/mol. The molecule has 0 aliphatic carbocycles. The molecule has 0 aromatic carbocycles. The van der Waals surface area contributed by atoms with Crippen molar-refractivity contribution in [3.05, 3.63) is 12.3 Å². The highest BCUT2D eigenvalue weighted by atomic mass is 16.1. The highest BCUT2D eigenvalue weighted by Crippen LogP contribution is 2.25. The van der Waals surface area contributed by atoms with E-state index in [2.05, 4.69) is 32.5 Å². The van der Waals surface area contributed by atoms with Crippen LogP contribution in [0.5, 0.6) is 0 Å². The summed E-state index contributed by atoms with van der Waals surface area (Å²) in [5, 5.41) is 6.27. The quantitative estimate of drug-likeness (QED) is 0.607. The molecule has 0 aliphatic rings. The Morgan fingerprint density at radius 3 is 2.75 bits per heavy atom. The van der Waals surface area contributed by atoms with Crippen molar-refractivity contribution in [2.24, 2.45) is 0 Å². The summed E-state index contributed by atoms with van der Waals surface area (Å²) in [6.45, 7) is 6.15. The number of nitrogens with two attached hydrogens (primary N) is 2. The number of nitrogens with one attached hydrogen (secondary N) is 2. The normalized spacial score (nSPS) is 13.5. The second-order valence-electron chi connectivity index (χ2n) is 6.27. The minimum absolute atomic E-state index is 0.0718. The number of nitrogens with zero attached hydrogens (tertiary/aromatic N) is 3. The molecular weight excluding hydrogens is 306 g/mol. The van der Waals surface area contributed by atoms with E-state index in [4.69, 9.17) is 11.5 Å². The van der Waals surface area contributed by atoms with E-state index < -0.39 is 0 Å². The summed E-state index contributed by atoms with van der Waals surface area (Å²) in [7, 11) is 0. The van der Waals surface area contributed by atoms with Crippen LogP contribution in [0, 0.1) is 0 Å². The van der Waals surface area contributed by atoms with Crippen LogP contribution >= 0.6 is 0 Å². The summed E-state index contributed by atoms with van der Waals surface area (Å²) in [6.07, 6.45) is 4.50. The predicted molar refractivity (Wildman–Crippen MR) is 96.4 cm³/mol. The molecule has 0 fully saturated rings. The molecule has 0 saturated heterocycles. The van der Waals surface area contributed by atoms with Gasteiger partial charge in [0.15, 0.2) is 5.82 Å². The zero-order valence-corrected chi connectivity index (χ0v) is 14.4. The van der Waals surface area contributed by atoms with Crippen molar-refractivity contribution < 1.29 is 4.79 Å². The molecule has 0 radical (unpaired) electrons. The number of aromatic nitrogens is 3. The zero-order valence-electron chi connectivity index (χ0n) is 14.4. The van der Waals surface area contributed by atoms with Crippen molar-refractivity contribution in [3.63, 3.8) is 0 Å². The fourth-order valence-corrected chi connectivity index (χ4v) is 2.51. The molecule has 130 valence electrons. The molecule has 1 amide bonds. The number of hydrogen-bond acceptors (Lipinski definition) is 7. The van der Waals surface area contributed by atoms with Crippen LogP contribution in [0.3, 0.4) is 0 Å². The maximum absolute atomic E-state index is 11.3. The summed E-state index contributed by atoms with van der Waals surface area (Å²) >= 11 is 0. The van der Waals surface area contributed by atoms with Gasteiger partial charge in [-0.1, -0.05) is 19.8 Å². The minimum atomic E-state index is -0.377. The Balaban J connectivity index is 2.37. The molecule has 0 bridgehead atoms. The number of pyridine rings is 1. The smallest absolute Gasteiger partial charge is 0.222 e. The molecule has 0 spiro atoms. The van der Waals surface area contributed by atoms with E-state index in [1.54, 1.807) is 12.3 Å². The maximum atomic E-state index is 11.3. The number of rotatable bonds is 7. The van der Waals surface area contributed by atoms with Crippen molar-refractivity contribution in [3.8, 4) is 0 Å². The van der Waals surface area contributed by atoms with Crippen LogP contribution in [-0.4, -0.2) is 32.9 Å². The van der Waals surface area contributed by atoms with Crippen molar-refractivity contribution in [2.75, 3.05) is 23.3 Å². The lowest BCUT2D eigenvalue weighted by Crippen LogP contribution is -2.46. The van der Waals surface area contributed by atoms with Gasteiger partial charge >= 0.3 is 0 Å². The van der Waals surface area contributed by atoms with Gasteiger partial charge in [-0.25, -0.2) is 9.97 Å². The number of fused-ring (bicyclic) bond motifs is 1. The molecule has 2 aromatic rings. The molecule has 0 unspecified atom stereocenters. The van der Waals surface area contributed by atoms with Gasteiger partial charge in [-0.05, 0) is 19.4 Å². The molecule has 6 N–H and O–H groups in total. The number of unbranched alkanes of at least 4 members (excludes halogenated alkanes) is 1. The Hall–Kier alpha value is -2.64. The molecule has 0 aliphatic heterocycles. The third kappa shape index (κ3) is 4.43. The molecular formula is C16H25N7O. The summed E-state index contributed by atoms with van der Waals surface area (Å²) in [6, 6.07) is 1.71. The topological polar surface area (TPSA) is 132 Å². The summed E-state index contributed by atoms with van der Waals surface area (Å²) in [4.78, 5) is 24.1. The van der Waals surface area contributed by atoms with Crippen molar-refractivity contribution >= 4 is 34.4 Å². The van der Waals surface area contributed by atoms with Gasteiger partial charge in [-0.2, -0.15) is 4.98 Å². The number of hydrogen-bond donors (Lipinski definition) is 4. The zero-order chi connectivity index (χ0) is 17.7. The predicted octanol–water partition coefficient (Wildman–Crippen LogP) is 1.69. The van der Waals surface area contributed by atoms with Gasteiger partial charge in [-0.15, -0.1) is 0 Å². The van der Waals surface area contributed by atoms with E-state index in [1.165, 1.54) is 6.92 Å². The van der Waals surface area contributed by atoms with E-state index in [-0.39, 0.29) is 17.4 Å².